The van der Waals surface area contributed by atoms with Crippen LogP contribution in [-0.2, 0) is 14.3 Å². The molecule has 35 heavy (non-hydrogen) atoms. The Labute approximate surface area is 206 Å². The van der Waals surface area contributed by atoms with Crippen molar-refractivity contribution in [2.75, 3.05) is 19.7 Å². The number of nitrogens with one attached hydrogen (secondary N) is 1. The molecule has 1 heterocycles. The zero-order valence-corrected chi connectivity index (χ0v) is 20.8. The van der Waals surface area contributed by atoms with Crippen LogP contribution in [0.4, 0.5) is 4.79 Å². The lowest BCUT2D eigenvalue weighted by Gasteiger charge is -2.29. The predicted molar refractivity (Wildman–Crippen MR) is 133 cm³/mol. The molecule has 0 spiro atoms. The topological polar surface area (TPSA) is 95.9 Å². The van der Waals surface area contributed by atoms with Crippen molar-refractivity contribution in [3.05, 3.63) is 59.7 Å². The molecule has 1 fully saturated rings. The summed E-state index contributed by atoms with van der Waals surface area (Å²) < 4.78 is 5.66. The maximum atomic E-state index is 13.3. The fraction of sp³-hybridized carbons (Fsp3) is 0.464. The molecule has 2 amide bonds. The van der Waals surface area contributed by atoms with E-state index < -0.39 is 24.0 Å². The summed E-state index contributed by atoms with van der Waals surface area (Å²) in [7, 11) is 0. The molecular formula is C28H34N2O5. The summed E-state index contributed by atoms with van der Waals surface area (Å²) in [6, 6.07) is 15.5. The molecule has 0 aromatic heterocycles. The van der Waals surface area contributed by atoms with E-state index in [1.54, 1.807) is 4.90 Å². The van der Waals surface area contributed by atoms with Gasteiger partial charge in [0.05, 0.1) is 5.92 Å². The van der Waals surface area contributed by atoms with E-state index in [4.69, 9.17) is 4.74 Å². The molecule has 2 aromatic rings. The Morgan fingerprint density at radius 3 is 2.11 bits per heavy atom. The fourth-order valence-electron chi connectivity index (χ4n) is 5.28. The summed E-state index contributed by atoms with van der Waals surface area (Å²) in [5, 5.41) is 12.2. The summed E-state index contributed by atoms with van der Waals surface area (Å²) in [5.74, 6) is -1.96. The van der Waals surface area contributed by atoms with E-state index in [0.717, 1.165) is 22.3 Å². The number of aliphatic carboxylic acids is 1. The van der Waals surface area contributed by atoms with Crippen LogP contribution in [0.25, 0.3) is 11.1 Å². The molecule has 0 radical (unpaired) electrons. The van der Waals surface area contributed by atoms with E-state index in [1.807, 2.05) is 52.0 Å². The maximum absolute atomic E-state index is 13.3. The third-order valence-corrected chi connectivity index (χ3v) is 6.99. The van der Waals surface area contributed by atoms with Crippen molar-refractivity contribution in [2.45, 2.75) is 46.1 Å². The lowest BCUT2D eigenvalue weighted by molar-refractivity contribution is -0.142. The number of ether oxygens (including phenoxy) is 1. The van der Waals surface area contributed by atoms with Gasteiger partial charge < -0.3 is 20.1 Å². The Bertz CT molecular complexity index is 1080. The normalized spacial score (nSPS) is 20.2. The van der Waals surface area contributed by atoms with E-state index in [-0.39, 0.29) is 36.3 Å². The summed E-state index contributed by atoms with van der Waals surface area (Å²) in [5.41, 5.74) is 4.31. The van der Waals surface area contributed by atoms with Crippen molar-refractivity contribution in [1.29, 1.82) is 0 Å². The van der Waals surface area contributed by atoms with Crippen LogP contribution in [0.5, 0.6) is 0 Å². The largest absolute Gasteiger partial charge is 0.481 e. The van der Waals surface area contributed by atoms with Gasteiger partial charge in [-0.1, -0.05) is 76.2 Å². The highest BCUT2D eigenvalue weighted by molar-refractivity contribution is 5.87. The summed E-state index contributed by atoms with van der Waals surface area (Å²) in [6.45, 7) is 8.52. The van der Waals surface area contributed by atoms with Gasteiger partial charge in [0.1, 0.15) is 12.6 Å². The van der Waals surface area contributed by atoms with E-state index in [2.05, 4.69) is 29.6 Å². The van der Waals surface area contributed by atoms with Gasteiger partial charge in [0.15, 0.2) is 0 Å². The van der Waals surface area contributed by atoms with Gasteiger partial charge in [-0.15, -0.1) is 0 Å². The van der Waals surface area contributed by atoms with E-state index >= 15 is 0 Å². The first kappa shape index (κ1) is 24.8. The Morgan fingerprint density at radius 2 is 1.60 bits per heavy atom. The number of alkyl carbamates (subject to hydrolysis) is 1. The van der Waals surface area contributed by atoms with Gasteiger partial charge in [-0.2, -0.15) is 0 Å². The quantitative estimate of drug-likeness (QED) is 0.637. The number of likely N-dealkylation sites (tertiary alicyclic amines) is 1. The standard InChI is InChI=1S/C28H34N2O5/c1-17-14-30(15-22(17)26(32)33)25(31)24(13-28(2,3)4)29-27(34)35-16-23-20-11-7-5-9-18(20)19-10-6-8-12-21(19)23/h5-12,17,22-24H,13-16H2,1-4H3,(H,29,34)(H,32,33)/t17-,22-,24?/m1/s1. The zero-order valence-electron chi connectivity index (χ0n) is 20.8. The molecule has 0 bridgehead atoms. The molecule has 1 aliphatic heterocycles. The Balaban J connectivity index is 1.45. The fourth-order valence-corrected chi connectivity index (χ4v) is 5.28. The number of nitrogens with zero attached hydrogens (tertiary/aromatic N) is 1. The number of hydrogen-bond donors (Lipinski definition) is 2. The molecule has 1 aliphatic carbocycles. The minimum Gasteiger partial charge on any atom is -0.481 e. The number of benzene rings is 2. The van der Waals surface area contributed by atoms with Crippen LogP contribution in [0.1, 0.15) is 51.2 Å². The first-order valence-corrected chi connectivity index (χ1v) is 12.2. The smallest absolute Gasteiger partial charge is 0.407 e. The van der Waals surface area contributed by atoms with Crippen LogP contribution < -0.4 is 5.32 Å². The number of carbonyl (C=O) groups excluding carboxylic acids is 2. The molecule has 2 aromatic carbocycles. The number of rotatable bonds is 6. The molecule has 186 valence electrons. The second-order valence-corrected chi connectivity index (χ2v) is 11.0. The summed E-state index contributed by atoms with van der Waals surface area (Å²) >= 11 is 0. The average Bonchev–Trinajstić information content (AvgIpc) is 3.34. The lowest BCUT2D eigenvalue weighted by Crippen LogP contribution is -2.50. The minimum atomic E-state index is -0.898. The number of carbonyl (C=O) groups is 3. The van der Waals surface area contributed by atoms with E-state index in [9.17, 15) is 19.5 Å². The van der Waals surface area contributed by atoms with Crippen molar-refractivity contribution in [1.82, 2.24) is 10.2 Å². The monoisotopic (exact) mass is 478 g/mol. The SMILES string of the molecule is C[C@@H]1CN(C(=O)C(CC(C)(C)C)NC(=O)OCC2c3ccccc3-c3ccccc32)C[C@H]1C(=O)O. The highest BCUT2D eigenvalue weighted by Crippen LogP contribution is 2.44. The number of carboxylic acid groups (broad SMARTS) is 1. The molecule has 0 saturated carbocycles. The first-order chi connectivity index (χ1) is 16.5. The summed E-state index contributed by atoms with van der Waals surface area (Å²) in [6.07, 6.45) is -0.227. The number of hydrogen-bond acceptors (Lipinski definition) is 4. The second kappa shape index (κ2) is 9.72. The first-order valence-electron chi connectivity index (χ1n) is 12.2. The van der Waals surface area contributed by atoms with Crippen LogP contribution in [-0.4, -0.2) is 53.7 Å². The van der Waals surface area contributed by atoms with Gasteiger partial charge in [0, 0.05) is 19.0 Å². The second-order valence-electron chi connectivity index (χ2n) is 11.0. The third-order valence-electron chi connectivity index (χ3n) is 6.99. The van der Waals surface area contributed by atoms with Crippen LogP contribution >= 0.6 is 0 Å². The predicted octanol–water partition coefficient (Wildman–Crippen LogP) is 4.51. The van der Waals surface area contributed by atoms with E-state index in [1.165, 1.54) is 0 Å². The molecule has 7 heteroatoms. The lowest BCUT2D eigenvalue weighted by atomic mass is 9.87. The molecule has 1 saturated heterocycles. The van der Waals surface area contributed by atoms with Gasteiger partial charge in [-0.3, -0.25) is 9.59 Å². The molecule has 4 rings (SSSR count). The maximum Gasteiger partial charge on any atom is 0.407 e. The highest BCUT2D eigenvalue weighted by atomic mass is 16.5. The third kappa shape index (κ3) is 5.34. The van der Waals surface area contributed by atoms with Gasteiger partial charge in [-0.25, -0.2) is 4.79 Å². The van der Waals surface area contributed by atoms with Crippen molar-refractivity contribution in [3.8, 4) is 11.1 Å². The van der Waals surface area contributed by atoms with Gasteiger partial charge in [0.25, 0.3) is 0 Å². The molecular weight excluding hydrogens is 444 g/mol. The molecule has 3 atom stereocenters. The van der Waals surface area contributed by atoms with Crippen molar-refractivity contribution in [3.63, 3.8) is 0 Å². The van der Waals surface area contributed by atoms with Crippen molar-refractivity contribution in [2.24, 2.45) is 17.3 Å². The van der Waals surface area contributed by atoms with Crippen LogP contribution in [0.3, 0.4) is 0 Å². The van der Waals surface area contributed by atoms with Crippen molar-refractivity contribution >= 4 is 18.0 Å². The van der Waals surface area contributed by atoms with Crippen LogP contribution in [0.2, 0.25) is 0 Å². The van der Waals surface area contributed by atoms with Gasteiger partial charge in [-0.05, 0) is 40.0 Å². The van der Waals surface area contributed by atoms with Gasteiger partial charge in [0.2, 0.25) is 5.91 Å². The Hall–Kier alpha value is -3.35. The Kier molecular flexibility index (Phi) is 6.88. The van der Waals surface area contributed by atoms with Gasteiger partial charge >= 0.3 is 12.1 Å². The average molecular weight is 479 g/mol. The number of carboxylic acids is 1. The van der Waals surface area contributed by atoms with Crippen molar-refractivity contribution < 1.29 is 24.2 Å². The molecule has 1 unspecified atom stereocenters. The number of fused-ring (bicyclic) bond motifs is 3. The Morgan fingerprint density at radius 1 is 1.03 bits per heavy atom. The molecule has 2 aliphatic rings. The zero-order chi connectivity index (χ0) is 25.3. The molecule has 7 nitrogen and oxygen atoms in total. The summed E-state index contributed by atoms with van der Waals surface area (Å²) in [4.78, 5) is 39.3. The van der Waals surface area contributed by atoms with Crippen LogP contribution in [0, 0.1) is 17.3 Å². The molecule has 2 N–H and O–H groups in total. The number of amides is 2. The van der Waals surface area contributed by atoms with Crippen LogP contribution in [0.15, 0.2) is 48.5 Å². The minimum absolute atomic E-state index is 0.0688. The van der Waals surface area contributed by atoms with E-state index in [0.29, 0.717) is 13.0 Å². The highest BCUT2D eigenvalue weighted by Gasteiger charge is 2.40.